The summed E-state index contributed by atoms with van der Waals surface area (Å²) in [5.41, 5.74) is 4.88. The van der Waals surface area contributed by atoms with Crippen molar-refractivity contribution in [1.82, 2.24) is 16.2 Å². The van der Waals surface area contributed by atoms with E-state index in [1.165, 1.54) is 43.5 Å². The van der Waals surface area contributed by atoms with Crippen molar-refractivity contribution in [1.29, 1.82) is 0 Å². The normalized spacial score (nSPS) is 30.0. The van der Waals surface area contributed by atoms with Crippen molar-refractivity contribution >= 4 is 17.7 Å². The zero-order valence-corrected chi connectivity index (χ0v) is 15.8. The second-order valence-electron chi connectivity index (χ2n) is 8.88. The smallest absolute Gasteiger partial charge is 0.269 e. The number of nitrogens with one attached hydrogen (secondary N) is 3. The molecule has 0 unspecified atom stereocenters. The summed E-state index contributed by atoms with van der Waals surface area (Å²) in [6.45, 7) is -0.186. The minimum absolute atomic E-state index is 0.0954. The molecule has 5 rings (SSSR count). The van der Waals surface area contributed by atoms with Crippen LogP contribution in [0.3, 0.4) is 0 Å². The first-order chi connectivity index (χ1) is 13.4. The van der Waals surface area contributed by atoms with Crippen LogP contribution in [0.15, 0.2) is 24.3 Å². The molecule has 3 amide bonds. The Labute approximate surface area is 163 Å². The molecule has 0 aromatic heterocycles. The summed E-state index contributed by atoms with van der Waals surface area (Å²) < 4.78 is 12.9. The van der Waals surface area contributed by atoms with Gasteiger partial charge in [-0.2, -0.15) is 0 Å². The molecule has 4 aliphatic rings. The van der Waals surface area contributed by atoms with Crippen LogP contribution in [0.2, 0.25) is 0 Å². The van der Waals surface area contributed by atoms with Crippen LogP contribution >= 0.6 is 0 Å². The number of amides is 3. The third-order valence-corrected chi connectivity index (χ3v) is 6.57. The van der Waals surface area contributed by atoms with Gasteiger partial charge in [-0.15, -0.1) is 0 Å². The molecule has 1 aromatic rings. The molecule has 0 radical (unpaired) electrons. The second kappa shape index (κ2) is 7.53. The van der Waals surface area contributed by atoms with E-state index in [-0.39, 0.29) is 23.4 Å². The third kappa shape index (κ3) is 4.18. The number of halogens is 1. The summed E-state index contributed by atoms with van der Waals surface area (Å²) in [4.78, 5) is 36.2. The zero-order valence-electron chi connectivity index (χ0n) is 15.8. The molecule has 1 aromatic carbocycles. The summed E-state index contributed by atoms with van der Waals surface area (Å²) in [7, 11) is 0. The molecule has 0 spiro atoms. The lowest BCUT2D eigenvalue weighted by Crippen LogP contribution is -2.49. The molecule has 0 atom stereocenters. The summed E-state index contributed by atoms with van der Waals surface area (Å²) in [6, 6.07) is 4.98. The molecule has 0 aliphatic heterocycles. The molecule has 28 heavy (non-hydrogen) atoms. The van der Waals surface area contributed by atoms with Crippen molar-refractivity contribution < 1.29 is 18.8 Å². The first-order valence-electron chi connectivity index (χ1n) is 10.0. The second-order valence-corrected chi connectivity index (χ2v) is 8.88. The van der Waals surface area contributed by atoms with E-state index in [0.29, 0.717) is 6.42 Å². The average molecular weight is 387 g/mol. The number of rotatable bonds is 5. The van der Waals surface area contributed by atoms with Gasteiger partial charge in [-0.3, -0.25) is 25.2 Å². The SMILES string of the molecule is O=C(CC12CC3CC(CC(C3)C1)C2)NCC(=O)NNC(=O)c1ccc(F)cc1. The molecular weight excluding hydrogens is 361 g/mol. The van der Waals surface area contributed by atoms with Gasteiger partial charge in [0.15, 0.2) is 0 Å². The quantitative estimate of drug-likeness (QED) is 0.678. The summed E-state index contributed by atoms with van der Waals surface area (Å²) in [5.74, 6) is 0.754. The third-order valence-electron chi connectivity index (χ3n) is 6.57. The van der Waals surface area contributed by atoms with E-state index >= 15 is 0 Å². The molecular formula is C21H26FN3O3. The maximum absolute atomic E-state index is 12.9. The Hall–Kier alpha value is -2.44. The van der Waals surface area contributed by atoms with Gasteiger partial charge in [0.25, 0.3) is 11.8 Å². The van der Waals surface area contributed by atoms with Crippen molar-refractivity contribution in [2.75, 3.05) is 6.54 Å². The topological polar surface area (TPSA) is 87.3 Å². The lowest BCUT2D eigenvalue weighted by Gasteiger charge is -2.56. The number of benzene rings is 1. The average Bonchev–Trinajstić information content (AvgIpc) is 2.63. The predicted molar refractivity (Wildman–Crippen MR) is 100 cm³/mol. The molecule has 4 aliphatic carbocycles. The van der Waals surface area contributed by atoms with Gasteiger partial charge in [0.2, 0.25) is 5.91 Å². The van der Waals surface area contributed by atoms with Crippen LogP contribution in [0.4, 0.5) is 4.39 Å². The Bertz CT molecular complexity index is 742. The van der Waals surface area contributed by atoms with E-state index in [2.05, 4.69) is 16.2 Å². The number of carbonyl (C=O) groups is 3. The Morgan fingerprint density at radius 3 is 2.04 bits per heavy atom. The fraction of sp³-hybridized carbons (Fsp3) is 0.571. The van der Waals surface area contributed by atoms with Crippen LogP contribution in [-0.2, 0) is 9.59 Å². The van der Waals surface area contributed by atoms with Gasteiger partial charge in [-0.1, -0.05) is 0 Å². The lowest BCUT2D eigenvalue weighted by atomic mass is 9.49. The molecule has 0 heterocycles. The molecule has 150 valence electrons. The van der Waals surface area contributed by atoms with Crippen LogP contribution in [0.25, 0.3) is 0 Å². The Morgan fingerprint density at radius 2 is 1.46 bits per heavy atom. The standard InChI is InChI=1S/C21H26FN3O3/c22-17-3-1-16(2-4-17)20(28)25-24-19(27)12-23-18(26)11-21-8-13-5-14(9-21)7-15(6-13)10-21/h1-4,13-15H,5-12H2,(H,23,26)(H,24,27)(H,25,28). The maximum atomic E-state index is 12.9. The first kappa shape index (κ1) is 18.9. The van der Waals surface area contributed by atoms with Gasteiger partial charge in [0.05, 0.1) is 6.54 Å². The Balaban J connectivity index is 1.20. The Kier molecular flexibility index (Phi) is 5.08. The largest absolute Gasteiger partial charge is 0.347 e. The van der Waals surface area contributed by atoms with E-state index in [9.17, 15) is 18.8 Å². The summed E-state index contributed by atoms with van der Waals surface area (Å²) in [5, 5.41) is 2.68. The molecule has 0 saturated heterocycles. The van der Waals surface area contributed by atoms with Crippen molar-refractivity contribution in [3.8, 4) is 0 Å². The van der Waals surface area contributed by atoms with E-state index in [1.54, 1.807) is 0 Å². The first-order valence-corrected chi connectivity index (χ1v) is 10.0. The number of carbonyl (C=O) groups excluding carboxylic acids is 3. The van der Waals surface area contributed by atoms with Crippen molar-refractivity contribution in [3.05, 3.63) is 35.6 Å². The van der Waals surface area contributed by atoms with E-state index < -0.39 is 17.6 Å². The predicted octanol–water partition coefficient (Wildman–Crippen LogP) is 2.31. The van der Waals surface area contributed by atoms with Crippen LogP contribution in [0, 0.1) is 29.0 Å². The number of hydrazine groups is 1. The zero-order chi connectivity index (χ0) is 19.7. The molecule has 6 nitrogen and oxygen atoms in total. The van der Waals surface area contributed by atoms with Gasteiger partial charge >= 0.3 is 0 Å². The Morgan fingerprint density at radius 1 is 0.893 bits per heavy atom. The maximum Gasteiger partial charge on any atom is 0.269 e. The van der Waals surface area contributed by atoms with Crippen molar-refractivity contribution in [2.24, 2.45) is 23.2 Å². The van der Waals surface area contributed by atoms with Crippen LogP contribution < -0.4 is 16.2 Å². The van der Waals surface area contributed by atoms with Crippen LogP contribution in [0.5, 0.6) is 0 Å². The highest BCUT2D eigenvalue weighted by atomic mass is 19.1. The van der Waals surface area contributed by atoms with Crippen molar-refractivity contribution in [2.45, 2.75) is 44.9 Å². The van der Waals surface area contributed by atoms with Crippen LogP contribution in [0.1, 0.15) is 55.3 Å². The highest BCUT2D eigenvalue weighted by Crippen LogP contribution is 2.61. The minimum atomic E-state index is -0.548. The number of hydrogen-bond donors (Lipinski definition) is 3. The van der Waals surface area contributed by atoms with E-state index in [4.69, 9.17) is 0 Å². The highest BCUT2D eigenvalue weighted by Gasteiger charge is 2.51. The molecule has 7 heteroatoms. The monoisotopic (exact) mass is 387 g/mol. The van der Waals surface area contributed by atoms with Crippen LogP contribution in [-0.4, -0.2) is 24.3 Å². The molecule has 4 saturated carbocycles. The van der Waals surface area contributed by atoms with E-state index in [0.717, 1.165) is 37.0 Å². The summed E-state index contributed by atoms with van der Waals surface area (Å²) >= 11 is 0. The van der Waals surface area contributed by atoms with Gasteiger partial charge in [-0.25, -0.2) is 4.39 Å². The number of hydrogen-bond acceptors (Lipinski definition) is 3. The lowest BCUT2D eigenvalue weighted by molar-refractivity contribution is -0.132. The fourth-order valence-corrected chi connectivity index (χ4v) is 5.93. The molecule has 4 bridgehead atoms. The van der Waals surface area contributed by atoms with Gasteiger partial charge in [0, 0.05) is 12.0 Å². The fourth-order valence-electron chi connectivity index (χ4n) is 5.93. The minimum Gasteiger partial charge on any atom is -0.347 e. The van der Waals surface area contributed by atoms with Gasteiger partial charge in [0.1, 0.15) is 5.82 Å². The summed E-state index contributed by atoms with van der Waals surface area (Å²) in [6.07, 6.45) is 7.92. The molecule has 4 fully saturated rings. The highest BCUT2D eigenvalue weighted by molar-refractivity contribution is 5.95. The van der Waals surface area contributed by atoms with Gasteiger partial charge in [-0.05, 0) is 86.0 Å². The van der Waals surface area contributed by atoms with Crippen molar-refractivity contribution in [3.63, 3.8) is 0 Å². The van der Waals surface area contributed by atoms with E-state index in [1.807, 2.05) is 0 Å². The molecule has 3 N–H and O–H groups in total. The van der Waals surface area contributed by atoms with Gasteiger partial charge < -0.3 is 5.32 Å².